The van der Waals surface area contributed by atoms with Gasteiger partial charge in [-0.1, -0.05) is 45.0 Å². The van der Waals surface area contributed by atoms with E-state index in [1.807, 2.05) is 7.05 Å². The van der Waals surface area contributed by atoms with Crippen LogP contribution in [0.3, 0.4) is 0 Å². The van der Waals surface area contributed by atoms with Crippen LogP contribution in [0.25, 0.3) is 0 Å². The van der Waals surface area contributed by atoms with Crippen LogP contribution in [0.15, 0.2) is 24.3 Å². The van der Waals surface area contributed by atoms with Crippen molar-refractivity contribution in [3.63, 3.8) is 0 Å². The number of nitrogens with one attached hydrogen (secondary N) is 1. The van der Waals surface area contributed by atoms with Crippen LogP contribution >= 0.6 is 12.4 Å². The van der Waals surface area contributed by atoms with Crippen LogP contribution in [-0.4, -0.2) is 7.05 Å². The lowest BCUT2D eigenvalue weighted by atomic mass is 9.87. The molecule has 0 saturated carbocycles. The van der Waals surface area contributed by atoms with Gasteiger partial charge in [-0.25, -0.2) is 0 Å². The second kappa shape index (κ2) is 5.38. The molecule has 0 saturated heterocycles. The highest BCUT2D eigenvalue weighted by atomic mass is 35.5. The van der Waals surface area contributed by atoms with Crippen molar-refractivity contribution in [2.75, 3.05) is 7.05 Å². The van der Waals surface area contributed by atoms with E-state index in [-0.39, 0.29) is 17.8 Å². The fourth-order valence-corrected chi connectivity index (χ4v) is 1.33. The lowest BCUT2D eigenvalue weighted by Crippen LogP contribution is -2.11. The number of halogens is 1. The molecular weight excluding hydrogens is 194 g/mol. The van der Waals surface area contributed by atoms with Crippen molar-refractivity contribution in [3.8, 4) is 0 Å². The Balaban J connectivity index is 0.00000169. The van der Waals surface area contributed by atoms with Crippen LogP contribution in [-0.2, 0) is 12.0 Å². The van der Waals surface area contributed by atoms with Gasteiger partial charge in [-0.3, -0.25) is 0 Å². The van der Waals surface area contributed by atoms with Crippen molar-refractivity contribution in [3.05, 3.63) is 35.4 Å². The van der Waals surface area contributed by atoms with Crippen molar-refractivity contribution in [2.24, 2.45) is 0 Å². The molecule has 0 heterocycles. The first-order valence-electron chi connectivity index (χ1n) is 4.78. The maximum atomic E-state index is 3.14. The molecule has 0 atom stereocenters. The van der Waals surface area contributed by atoms with Crippen LogP contribution in [0.2, 0.25) is 0 Å². The van der Waals surface area contributed by atoms with Gasteiger partial charge in [0.05, 0.1) is 0 Å². The molecule has 80 valence electrons. The standard InChI is InChI=1S/C12H19N.ClH/c1-12(2,3)11-7-5-10(6-8-11)9-13-4;/h5-8,13H,9H2,1-4H3;1H. The molecule has 0 aliphatic carbocycles. The highest BCUT2D eigenvalue weighted by molar-refractivity contribution is 5.85. The Morgan fingerprint density at radius 3 is 1.93 bits per heavy atom. The highest BCUT2D eigenvalue weighted by Gasteiger charge is 2.12. The molecule has 0 radical (unpaired) electrons. The summed E-state index contributed by atoms with van der Waals surface area (Å²) in [5.41, 5.74) is 3.00. The highest BCUT2D eigenvalue weighted by Crippen LogP contribution is 2.21. The van der Waals surface area contributed by atoms with Gasteiger partial charge in [0.25, 0.3) is 0 Å². The quantitative estimate of drug-likeness (QED) is 0.796. The van der Waals surface area contributed by atoms with Gasteiger partial charge in [-0.05, 0) is 23.6 Å². The van der Waals surface area contributed by atoms with Crippen LogP contribution in [0, 0.1) is 0 Å². The van der Waals surface area contributed by atoms with Gasteiger partial charge in [-0.15, -0.1) is 12.4 Å². The second-order valence-electron chi connectivity index (χ2n) is 4.48. The third kappa shape index (κ3) is 3.69. The first-order chi connectivity index (χ1) is 6.04. The van der Waals surface area contributed by atoms with E-state index in [0.29, 0.717) is 0 Å². The fraction of sp³-hybridized carbons (Fsp3) is 0.500. The summed E-state index contributed by atoms with van der Waals surface area (Å²) in [6.45, 7) is 7.66. The maximum absolute atomic E-state index is 3.14. The molecule has 0 spiro atoms. The zero-order valence-electron chi connectivity index (χ0n) is 9.42. The minimum Gasteiger partial charge on any atom is -0.316 e. The van der Waals surface area contributed by atoms with Gasteiger partial charge < -0.3 is 5.32 Å². The molecule has 0 bridgehead atoms. The van der Waals surface area contributed by atoms with Crippen molar-refractivity contribution in [1.29, 1.82) is 0 Å². The summed E-state index contributed by atoms with van der Waals surface area (Å²) < 4.78 is 0. The third-order valence-corrected chi connectivity index (χ3v) is 2.20. The molecule has 1 aromatic rings. The Morgan fingerprint density at radius 1 is 1.07 bits per heavy atom. The Bertz CT molecular complexity index is 259. The third-order valence-electron chi connectivity index (χ3n) is 2.20. The Morgan fingerprint density at radius 2 is 1.57 bits per heavy atom. The molecule has 0 fully saturated rings. The molecule has 0 aliphatic rings. The second-order valence-corrected chi connectivity index (χ2v) is 4.48. The minimum atomic E-state index is 0. The summed E-state index contributed by atoms with van der Waals surface area (Å²) in [5, 5.41) is 3.14. The molecule has 2 heteroatoms. The molecule has 1 N–H and O–H groups in total. The zero-order valence-corrected chi connectivity index (χ0v) is 10.2. The summed E-state index contributed by atoms with van der Waals surface area (Å²) in [5.74, 6) is 0. The van der Waals surface area contributed by atoms with E-state index in [9.17, 15) is 0 Å². The van der Waals surface area contributed by atoms with Gasteiger partial charge >= 0.3 is 0 Å². The largest absolute Gasteiger partial charge is 0.316 e. The van der Waals surface area contributed by atoms with Crippen LogP contribution < -0.4 is 5.32 Å². The zero-order chi connectivity index (χ0) is 9.90. The first kappa shape index (κ1) is 13.5. The predicted octanol–water partition coefficient (Wildman–Crippen LogP) is 3.13. The lowest BCUT2D eigenvalue weighted by molar-refractivity contribution is 0.590. The van der Waals surface area contributed by atoms with Crippen LogP contribution in [0.5, 0.6) is 0 Å². The molecule has 1 nitrogen and oxygen atoms in total. The maximum Gasteiger partial charge on any atom is 0.0202 e. The fourth-order valence-electron chi connectivity index (χ4n) is 1.33. The number of hydrogen-bond acceptors (Lipinski definition) is 1. The van der Waals surface area contributed by atoms with Crippen LogP contribution in [0.4, 0.5) is 0 Å². The van der Waals surface area contributed by atoms with Gasteiger partial charge in [0, 0.05) is 6.54 Å². The van der Waals surface area contributed by atoms with Crippen molar-refractivity contribution in [2.45, 2.75) is 32.7 Å². The molecular formula is C12H20ClN. The topological polar surface area (TPSA) is 12.0 Å². The summed E-state index contributed by atoms with van der Waals surface area (Å²) in [4.78, 5) is 0. The van der Waals surface area contributed by atoms with E-state index in [1.54, 1.807) is 0 Å². The van der Waals surface area contributed by atoms with Gasteiger partial charge in [0.2, 0.25) is 0 Å². The SMILES string of the molecule is CNCc1ccc(C(C)(C)C)cc1.Cl. The van der Waals surface area contributed by atoms with E-state index in [4.69, 9.17) is 0 Å². The van der Waals surface area contributed by atoms with E-state index in [0.717, 1.165) is 6.54 Å². The average Bonchev–Trinajstić information content (AvgIpc) is 2.04. The molecule has 1 aromatic carbocycles. The molecule has 0 amide bonds. The molecule has 0 unspecified atom stereocenters. The van der Waals surface area contributed by atoms with Gasteiger partial charge in [0.1, 0.15) is 0 Å². The molecule has 0 aliphatic heterocycles. The predicted molar refractivity (Wildman–Crippen MR) is 65.2 cm³/mol. The molecule has 14 heavy (non-hydrogen) atoms. The Labute approximate surface area is 93.3 Å². The Kier molecular flexibility index (Phi) is 5.17. The first-order valence-corrected chi connectivity index (χ1v) is 4.78. The van der Waals surface area contributed by atoms with Gasteiger partial charge in [-0.2, -0.15) is 0 Å². The number of benzene rings is 1. The number of rotatable bonds is 2. The van der Waals surface area contributed by atoms with Crippen LogP contribution in [0.1, 0.15) is 31.9 Å². The summed E-state index contributed by atoms with van der Waals surface area (Å²) >= 11 is 0. The van der Waals surface area contributed by atoms with Crippen molar-refractivity contribution in [1.82, 2.24) is 5.32 Å². The van der Waals surface area contributed by atoms with E-state index in [1.165, 1.54) is 11.1 Å². The van der Waals surface area contributed by atoms with Gasteiger partial charge in [0.15, 0.2) is 0 Å². The smallest absolute Gasteiger partial charge is 0.0202 e. The summed E-state index contributed by atoms with van der Waals surface area (Å²) in [6.07, 6.45) is 0. The van der Waals surface area contributed by atoms with Crippen molar-refractivity contribution >= 4 is 12.4 Å². The van der Waals surface area contributed by atoms with Crippen molar-refractivity contribution < 1.29 is 0 Å². The lowest BCUT2D eigenvalue weighted by Gasteiger charge is -2.19. The minimum absolute atomic E-state index is 0. The average molecular weight is 214 g/mol. The normalized spacial score (nSPS) is 10.9. The summed E-state index contributed by atoms with van der Waals surface area (Å²) in [7, 11) is 1.97. The molecule has 1 rings (SSSR count). The summed E-state index contributed by atoms with van der Waals surface area (Å²) in [6, 6.07) is 8.81. The molecule has 0 aromatic heterocycles. The Hall–Kier alpha value is -0.530. The number of hydrogen-bond donors (Lipinski definition) is 1. The van der Waals surface area contributed by atoms with E-state index in [2.05, 4.69) is 50.4 Å². The monoisotopic (exact) mass is 213 g/mol. The van der Waals surface area contributed by atoms with E-state index < -0.39 is 0 Å². The van der Waals surface area contributed by atoms with E-state index >= 15 is 0 Å².